The molecule has 1 saturated carbocycles. The molecule has 8 nitrogen and oxygen atoms in total. The number of likely N-dealkylation sites (N-methyl/N-ethyl adjacent to an activating group) is 2. The summed E-state index contributed by atoms with van der Waals surface area (Å²) in [5, 5.41) is 6.53. The highest BCUT2D eigenvalue weighted by Crippen LogP contribution is 2.18. The van der Waals surface area contributed by atoms with Gasteiger partial charge in [-0.05, 0) is 33.9 Å². The molecule has 2 N–H and O–H groups in total. The summed E-state index contributed by atoms with van der Waals surface area (Å²) in [7, 11) is 4.39. The normalized spacial score (nSPS) is 26.3. The van der Waals surface area contributed by atoms with Crippen LogP contribution in [-0.4, -0.2) is 123 Å². The van der Waals surface area contributed by atoms with Gasteiger partial charge in [0.15, 0.2) is 5.96 Å². The number of piperazine rings is 2. The van der Waals surface area contributed by atoms with Crippen molar-refractivity contribution in [2.24, 2.45) is 4.99 Å². The van der Waals surface area contributed by atoms with Crippen LogP contribution in [0.3, 0.4) is 0 Å². The van der Waals surface area contributed by atoms with Gasteiger partial charge in [-0.3, -0.25) is 19.6 Å². The third-order valence-corrected chi connectivity index (χ3v) is 5.75. The van der Waals surface area contributed by atoms with Crippen LogP contribution in [-0.2, 0) is 4.79 Å². The lowest BCUT2D eigenvalue weighted by Crippen LogP contribution is -2.55. The molecule has 2 saturated heterocycles. The van der Waals surface area contributed by atoms with Crippen LogP contribution in [0.25, 0.3) is 0 Å². The number of hydrogen-bond acceptors (Lipinski definition) is 5. The first-order valence-electron chi connectivity index (χ1n) is 10.5. The van der Waals surface area contributed by atoms with Crippen LogP contribution < -0.4 is 10.6 Å². The number of carbonyl (C=O) groups excluding carboxylic acids is 1. The molecule has 154 valence electrons. The van der Waals surface area contributed by atoms with Gasteiger partial charge in [-0.15, -0.1) is 0 Å². The Morgan fingerprint density at radius 1 is 1.07 bits per heavy atom. The molecular weight excluding hydrogens is 342 g/mol. The molecule has 0 spiro atoms. The van der Waals surface area contributed by atoms with E-state index in [-0.39, 0.29) is 5.91 Å². The van der Waals surface area contributed by atoms with Crippen molar-refractivity contribution in [1.29, 1.82) is 0 Å². The molecule has 27 heavy (non-hydrogen) atoms. The van der Waals surface area contributed by atoms with Gasteiger partial charge in [-0.2, -0.15) is 0 Å². The Hall–Kier alpha value is -1.38. The van der Waals surface area contributed by atoms with Gasteiger partial charge >= 0.3 is 0 Å². The minimum Gasteiger partial charge on any atom is -0.357 e. The molecule has 3 rings (SSSR count). The Kier molecular flexibility index (Phi) is 7.32. The number of nitrogens with zero attached hydrogens (tertiary/aromatic N) is 5. The zero-order valence-electron chi connectivity index (χ0n) is 17.3. The second kappa shape index (κ2) is 9.71. The lowest BCUT2D eigenvalue weighted by atomic mass is 10.2. The summed E-state index contributed by atoms with van der Waals surface area (Å²) < 4.78 is 0. The van der Waals surface area contributed by atoms with Gasteiger partial charge in [0.25, 0.3) is 0 Å². The fourth-order valence-corrected chi connectivity index (χ4v) is 3.74. The van der Waals surface area contributed by atoms with Gasteiger partial charge in [-0.25, -0.2) is 0 Å². The molecule has 1 atom stereocenters. The summed E-state index contributed by atoms with van der Waals surface area (Å²) in [5.41, 5.74) is 0. The first-order chi connectivity index (χ1) is 13.0. The van der Waals surface area contributed by atoms with Crippen molar-refractivity contribution in [3.05, 3.63) is 0 Å². The highest BCUT2D eigenvalue weighted by Gasteiger charge is 2.26. The summed E-state index contributed by atoms with van der Waals surface area (Å²) in [4.78, 5) is 26.3. The van der Waals surface area contributed by atoms with Crippen molar-refractivity contribution >= 4 is 11.9 Å². The number of amides is 1. The van der Waals surface area contributed by atoms with Crippen LogP contribution in [0, 0.1) is 0 Å². The maximum Gasteiger partial charge on any atom is 0.234 e. The van der Waals surface area contributed by atoms with E-state index >= 15 is 0 Å². The van der Waals surface area contributed by atoms with E-state index in [4.69, 9.17) is 4.99 Å². The number of rotatable bonds is 6. The minimum atomic E-state index is 0.177. The molecule has 1 amide bonds. The van der Waals surface area contributed by atoms with Crippen LogP contribution >= 0.6 is 0 Å². The van der Waals surface area contributed by atoms with Gasteiger partial charge in [0.05, 0.1) is 13.1 Å². The molecule has 0 aromatic rings. The first kappa shape index (κ1) is 20.4. The average molecular weight is 380 g/mol. The second-order valence-corrected chi connectivity index (χ2v) is 8.20. The van der Waals surface area contributed by atoms with Crippen molar-refractivity contribution in [2.75, 3.05) is 79.5 Å². The highest BCUT2D eigenvalue weighted by atomic mass is 16.2. The first-order valence-corrected chi connectivity index (χ1v) is 10.5. The van der Waals surface area contributed by atoms with E-state index in [2.05, 4.69) is 51.3 Å². The molecule has 0 radical (unpaired) electrons. The Morgan fingerprint density at radius 2 is 1.81 bits per heavy atom. The molecule has 1 unspecified atom stereocenters. The van der Waals surface area contributed by atoms with Crippen LogP contribution in [0.15, 0.2) is 4.99 Å². The molecule has 0 aromatic carbocycles. The summed E-state index contributed by atoms with van der Waals surface area (Å²) in [5.74, 6) is 1.19. The summed E-state index contributed by atoms with van der Waals surface area (Å²) in [6.45, 7) is 11.3. The molecular formula is C19H37N7O. The van der Waals surface area contributed by atoms with Crippen molar-refractivity contribution < 1.29 is 4.79 Å². The molecule has 1 aliphatic carbocycles. The molecule has 0 aromatic heterocycles. The van der Waals surface area contributed by atoms with Crippen molar-refractivity contribution in [3.63, 3.8) is 0 Å². The number of nitrogens with one attached hydrogen (secondary N) is 2. The largest absolute Gasteiger partial charge is 0.357 e. The molecule has 0 bridgehead atoms. The standard InChI is InChI=1S/C19H37N7O/c1-4-20-19(21-13-17-14-23(2)7-8-24(17)3)26-11-9-25(10-12-26)15-18(27)22-16-5-6-16/h16-17H,4-15H2,1-3H3,(H,20,21)(H,22,27). The number of guanidine groups is 1. The Bertz CT molecular complexity index is 514. The van der Waals surface area contributed by atoms with Gasteiger partial charge in [-0.1, -0.05) is 0 Å². The third kappa shape index (κ3) is 6.33. The molecule has 3 fully saturated rings. The van der Waals surface area contributed by atoms with E-state index in [9.17, 15) is 4.79 Å². The smallest absolute Gasteiger partial charge is 0.234 e. The number of aliphatic imine (C=N–C) groups is 1. The predicted molar refractivity (Wildman–Crippen MR) is 109 cm³/mol. The number of carbonyl (C=O) groups is 1. The van der Waals surface area contributed by atoms with E-state index in [1.54, 1.807) is 0 Å². The molecule has 2 aliphatic heterocycles. The van der Waals surface area contributed by atoms with Crippen molar-refractivity contribution in [2.45, 2.75) is 31.8 Å². The van der Waals surface area contributed by atoms with E-state index in [0.717, 1.165) is 77.7 Å². The van der Waals surface area contributed by atoms with Crippen LogP contribution in [0.4, 0.5) is 0 Å². The maximum absolute atomic E-state index is 12.0. The highest BCUT2D eigenvalue weighted by molar-refractivity contribution is 5.80. The number of hydrogen-bond donors (Lipinski definition) is 2. The van der Waals surface area contributed by atoms with Crippen LogP contribution in [0.5, 0.6) is 0 Å². The molecule has 8 heteroatoms. The Morgan fingerprint density at radius 3 is 2.48 bits per heavy atom. The summed E-state index contributed by atoms with van der Waals surface area (Å²) >= 11 is 0. The van der Waals surface area contributed by atoms with Gasteiger partial charge in [0, 0.05) is 64.4 Å². The van der Waals surface area contributed by atoms with Crippen molar-refractivity contribution in [3.8, 4) is 0 Å². The average Bonchev–Trinajstić information content (AvgIpc) is 3.46. The minimum absolute atomic E-state index is 0.177. The summed E-state index contributed by atoms with van der Waals surface area (Å²) in [6, 6.07) is 0.924. The van der Waals surface area contributed by atoms with E-state index in [1.807, 2.05) is 0 Å². The topological polar surface area (TPSA) is 66.5 Å². The van der Waals surface area contributed by atoms with Gasteiger partial charge < -0.3 is 20.4 Å². The zero-order chi connectivity index (χ0) is 19.2. The zero-order valence-corrected chi connectivity index (χ0v) is 17.3. The fourth-order valence-electron chi connectivity index (χ4n) is 3.74. The lowest BCUT2D eigenvalue weighted by Gasteiger charge is -2.38. The van der Waals surface area contributed by atoms with Crippen LogP contribution in [0.1, 0.15) is 19.8 Å². The van der Waals surface area contributed by atoms with Crippen molar-refractivity contribution in [1.82, 2.24) is 30.2 Å². The van der Waals surface area contributed by atoms with Gasteiger partial charge in [0.2, 0.25) is 5.91 Å². The molecule has 3 aliphatic rings. The quantitative estimate of drug-likeness (QED) is 0.460. The second-order valence-electron chi connectivity index (χ2n) is 8.20. The summed E-state index contributed by atoms with van der Waals surface area (Å²) in [6.07, 6.45) is 2.29. The van der Waals surface area contributed by atoms with Crippen LogP contribution in [0.2, 0.25) is 0 Å². The van der Waals surface area contributed by atoms with E-state index in [1.165, 1.54) is 0 Å². The van der Waals surface area contributed by atoms with E-state index < -0.39 is 0 Å². The Labute approximate surface area is 163 Å². The predicted octanol–water partition coefficient (Wildman–Crippen LogP) is -0.906. The monoisotopic (exact) mass is 379 g/mol. The van der Waals surface area contributed by atoms with Gasteiger partial charge in [0.1, 0.15) is 0 Å². The van der Waals surface area contributed by atoms with E-state index in [0.29, 0.717) is 18.6 Å². The SMILES string of the molecule is CCNC(=NCC1CN(C)CCN1C)N1CCN(CC(=O)NC2CC2)CC1. The lowest BCUT2D eigenvalue weighted by molar-refractivity contribution is -0.122. The third-order valence-electron chi connectivity index (χ3n) is 5.75. The molecule has 2 heterocycles. The maximum atomic E-state index is 12.0. The Balaban J connectivity index is 1.47. The fraction of sp³-hybridized carbons (Fsp3) is 0.895.